The molecule has 1 aromatic carbocycles. The minimum Gasteiger partial charge on any atom is -0.466 e. The van der Waals surface area contributed by atoms with E-state index in [4.69, 9.17) is 4.74 Å². The largest absolute Gasteiger partial charge is 0.466 e. The summed E-state index contributed by atoms with van der Waals surface area (Å²) in [5.41, 5.74) is 1.85. The van der Waals surface area contributed by atoms with Gasteiger partial charge in [-0.2, -0.15) is 0 Å². The number of nitrogens with one attached hydrogen (secondary N) is 1. The lowest BCUT2D eigenvalue weighted by atomic mass is 9.87. The second kappa shape index (κ2) is 7.81. The summed E-state index contributed by atoms with van der Waals surface area (Å²) in [6.45, 7) is 9.05. The molecule has 1 amide bonds. The molecule has 21 heavy (non-hydrogen) atoms. The number of rotatable bonds is 6. The zero-order valence-corrected chi connectivity index (χ0v) is 13.4. The number of ether oxygens (including phenoxy) is 1. The molecular formula is C17H25NO3. The molecule has 0 bridgehead atoms. The summed E-state index contributed by atoms with van der Waals surface area (Å²) in [5.74, 6) is -0.445. The summed E-state index contributed by atoms with van der Waals surface area (Å²) in [7, 11) is 0. The van der Waals surface area contributed by atoms with Gasteiger partial charge >= 0.3 is 5.97 Å². The van der Waals surface area contributed by atoms with Gasteiger partial charge in [0.1, 0.15) is 0 Å². The molecule has 0 radical (unpaired) electrons. The van der Waals surface area contributed by atoms with Gasteiger partial charge < -0.3 is 10.1 Å². The lowest BCUT2D eigenvalue weighted by Gasteiger charge is -2.19. The van der Waals surface area contributed by atoms with Gasteiger partial charge in [0.05, 0.1) is 13.0 Å². The molecule has 0 atom stereocenters. The molecule has 116 valence electrons. The van der Waals surface area contributed by atoms with E-state index in [9.17, 15) is 9.59 Å². The molecule has 0 saturated heterocycles. The summed E-state index contributed by atoms with van der Waals surface area (Å²) in [5, 5.41) is 2.72. The van der Waals surface area contributed by atoms with E-state index >= 15 is 0 Å². The van der Waals surface area contributed by atoms with E-state index in [2.05, 4.69) is 26.1 Å². The van der Waals surface area contributed by atoms with Crippen LogP contribution in [-0.4, -0.2) is 25.0 Å². The highest BCUT2D eigenvalue weighted by Crippen LogP contribution is 2.22. The van der Waals surface area contributed by atoms with Crippen LogP contribution in [0.4, 0.5) is 0 Å². The number of carbonyl (C=O) groups is 2. The molecule has 0 fully saturated rings. The van der Waals surface area contributed by atoms with Gasteiger partial charge in [-0.3, -0.25) is 9.59 Å². The molecule has 0 aromatic heterocycles. The van der Waals surface area contributed by atoms with Crippen molar-refractivity contribution in [3.63, 3.8) is 0 Å². The molecule has 4 nitrogen and oxygen atoms in total. The number of amides is 1. The quantitative estimate of drug-likeness (QED) is 0.820. The Morgan fingerprint density at radius 2 is 1.76 bits per heavy atom. The van der Waals surface area contributed by atoms with Gasteiger partial charge in [-0.25, -0.2) is 0 Å². The number of benzene rings is 1. The number of carbonyl (C=O) groups excluding carboxylic acids is 2. The fourth-order valence-electron chi connectivity index (χ4n) is 1.79. The lowest BCUT2D eigenvalue weighted by molar-refractivity contribution is -0.143. The van der Waals surface area contributed by atoms with Gasteiger partial charge in [-0.15, -0.1) is 0 Å². The second-order valence-electron chi connectivity index (χ2n) is 6.05. The zero-order valence-electron chi connectivity index (χ0n) is 13.4. The Kier molecular flexibility index (Phi) is 6.40. The zero-order chi connectivity index (χ0) is 15.9. The number of hydrogen-bond donors (Lipinski definition) is 1. The van der Waals surface area contributed by atoms with Gasteiger partial charge in [0.25, 0.3) is 5.91 Å². The highest BCUT2D eigenvalue weighted by atomic mass is 16.5. The fraction of sp³-hybridized carbons (Fsp3) is 0.529. The summed E-state index contributed by atoms with van der Waals surface area (Å²) in [6, 6.07) is 7.55. The summed E-state index contributed by atoms with van der Waals surface area (Å²) < 4.78 is 4.94. The topological polar surface area (TPSA) is 55.4 Å². The Morgan fingerprint density at radius 3 is 2.29 bits per heavy atom. The van der Waals surface area contributed by atoms with Crippen molar-refractivity contribution >= 4 is 11.9 Å². The third-order valence-corrected chi connectivity index (χ3v) is 3.09. The van der Waals surface area contributed by atoms with E-state index in [1.54, 1.807) is 0 Å². The van der Waals surface area contributed by atoms with Gasteiger partial charge in [0.2, 0.25) is 0 Å². The van der Waals surface area contributed by atoms with Crippen LogP contribution in [0.25, 0.3) is 0 Å². The number of esters is 1. The Balaban J connectivity index is 2.44. The van der Waals surface area contributed by atoms with Gasteiger partial charge in [-0.1, -0.05) is 39.8 Å². The van der Waals surface area contributed by atoms with E-state index in [0.717, 1.165) is 6.42 Å². The standard InChI is InChI=1S/C17H25NO3/c1-5-12-21-15(19)10-11-18-16(20)13-6-8-14(9-7-13)17(2,3)4/h6-9H,5,10-12H2,1-4H3,(H,18,20). The first-order valence-corrected chi connectivity index (χ1v) is 7.39. The molecular weight excluding hydrogens is 266 g/mol. The van der Waals surface area contributed by atoms with Crippen LogP contribution in [0.5, 0.6) is 0 Å². The van der Waals surface area contributed by atoms with Crippen LogP contribution in [0.15, 0.2) is 24.3 Å². The fourth-order valence-corrected chi connectivity index (χ4v) is 1.79. The van der Waals surface area contributed by atoms with Gasteiger partial charge in [0.15, 0.2) is 0 Å². The molecule has 0 saturated carbocycles. The first-order chi connectivity index (χ1) is 9.84. The first-order valence-electron chi connectivity index (χ1n) is 7.39. The maximum Gasteiger partial charge on any atom is 0.307 e. The third-order valence-electron chi connectivity index (χ3n) is 3.09. The van der Waals surface area contributed by atoms with E-state index in [1.165, 1.54) is 5.56 Å². The summed E-state index contributed by atoms with van der Waals surface area (Å²) in [6.07, 6.45) is 1.00. The average Bonchev–Trinajstić information content (AvgIpc) is 2.44. The van der Waals surface area contributed by atoms with E-state index in [0.29, 0.717) is 18.7 Å². The third kappa shape index (κ3) is 5.98. The van der Waals surface area contributed by atoms with Crippen LogP contribution in [0.1, 0.15) is 56.5 Å². The van der Waals surface area contributed by atoms with Crippen molar-refractivity contribution in [1.82, 2.24) is 5.32 Å². The Hall–Kier alpha value is -1.84. The smallest absolute Gasteiger partial charge is 0.307 e. The molecule has 0 heterocycles. The van der Waals surface area contributed by atoms with Crippen LogP contribution in [0.3, 0.4) is 0 Å². The van der Waals surface area contributed by atoms with Crippen molar-refractivity contribution in [1.29, 1.82) is 0 Å². The molecule has 0 unspecified atom stereocenters. The van der Waals surface area contributed by atoms with Crippen molar-refractivity contribution < 1.29 is 14.3 Å². The molecule has 1 N–H and O–H groups in total. The SMILES string of the molecule is CCCOC(=O)CCNC(=O)c1ccc(C(C)(C)C)cc1. The highest BCUT2D eigenvalue weighted by Gasteiger charge is 2.14. The minimum atomic E-state index is -0.278. The normalized spacial score (nSPS) is 11.0. The predicted octanol–water partition coefficient (Wildman–Crippen LogP) is 3.06. The van der Waals surface area contributed by atoms with Gasteiger partial charge in [0, 0.05) is 12.1 Å². The van der Waals surface area contributed by atoms with Crippen molar-refractivity contribution in [3.8, 4) is 0 Å². The predicted molar refractivity (Wildman–Crippen MR) is 83.3 cm³/mol. The maximum absolute atomic E-state index is 11.9. The Labute approximate surface area is 126 Å². The second-order valence-corrected chi connectivity index (χ2v) is 6.05. The van der Waals surface area contributed by atoms with Crippen molar-refractivity contribution in [2.24, 2.45) is 0 Å². The minimum absolute atomic E-state index is 0.0675. The monoisotopic (exact) mass is 291 g/mol. The van der Waals surface area contributed by atoms with E-state index < -0.39 is 0 Å². The number of hydrogen-bond acceptors (Lipinski definition) is 3. The molecule has 0 aliphatic rings. The maximum atomic E-state index is 11.9. The lowest BCUT2D eigenvalue weighted by Crippen LogP contribution is -2.26. The van der Waals surface area contributed by atoms with E-state index in [-0.39, 0.29) is 23.7 Å². The molecule has 0 aliphatic heterocycles. The Bertz CT molecular complexity index is 472. The van der Waals surface area contributed by atoms with Crippen LogP contribution in [-0.2, 0) is 14.9 Å². The molecule has 4 heteroatoms. The summed E-state index contributed by atoms with van der Waals surface area (Å²) >= 11 is 0. The van der Waals surface area contributed by atoms with Crippen LogP contribution in [0, 0.1) is 0 Å². The molecule has 1 aromatic rings. The van der Waals surface area contributed by atoms with Crippen LogP contribution >= 0.6 is 0 Å². The first kappa shape index (κ1) is 17.2. The molecule has 1 rings (SSSR count). The molecule has 0 aliphatic carbocycles. The van der Waals surface area contributed by atoms with Crippen LogP contribution in [0.2, 0.25) is 0 Å². The van der Waals surface area contributed by atoms with Crippen LogP contribution < -0.4 is 5.32 Å². The average molecular weight is 291 g/mol. The van der Waals surface area contributed by atoms with E-state index in [1.807, 2.05) is 31.2 Å². The van der Waals surface area contributed by atoms with Crippen molar-refractivity contribution in [2.45, 2.75) is 46.0 Å². The Morgan fingerprint density at radius 1 is 1.14 bits per heavy atom. The van der Waals surface area contributed by atoms with Crippen molar-refractivity contribution in [2.75, 3.05) is 13.2 Å². The van der Waals surface area contributed by atoms with Crippen molar-refractivity contribution in [3.05, 3.63) is 35.4 Å². The molecule has 0 spiro atoms. The summed E-state index contributed by atoms with van der Waals surface area (Å²) in [4.78, 5) is 23.2. The van der Waals surface area contributed by atoms with Gasteiger partial charge in [-0.05, 0) is 29.5 Å². The highest BCUT2D eigenvalue weighted by molar-refractivity contribution is 5.94.